The number of hydrogen-bond donors (Lipinski definition) is 1. The predicted molar refractivity (Wildman–Crippen MR) is 96.2 cm³/mol. The maximum Gasteiger partial charge on any atom is 0.303 e. The minimum atomic E-state index is -0.674. The van der Waals surface area contributed by atoms with Gasteiger partial charge in [0.2, 0.25) is 0 Å². The van der Waals surface area contributed by atoms with Gasteiger partial charge in [0.25, 0.3) is 0 Å². The van der Waals surface area contributed by atoms with Crippen LogP contribution in [0.15, 0.2) is 12.2 Å². The van der Waals surface area contributed by atoms with Crippen molar-refractivity contribution in [3.63, 3.8) is 0 Å². The molecule has 0 rings (SSSR count). The normalized spacial score (nSPS) is 11.3. The van der Waals surface area contributed by atoms with Gasteiger partial charge in [0, 0.05) is 6.42 Å². The molecule has 0 aliphatic rings. The lowest BCUT2D eigenvalue weighted by Gasteiger charge is -2.00. The molecule has 3 heteroatoms. The lowest BCUT2D eigenvalue weighted by atomic mass is 10.1. The summed E-state index contributed by atoms with van der Waals surface area (Å²) in [5.41, 5.74) is 0. The first kappa shape index (κ1) is 22.2. The van der Waals surface area contributed by atoms with Crippen molar-refractivity contribution in [1.82, 2.24) is 0 Å². The zero-order valence-electron chi connectivity index (χ0n) is 14.9. The van der Waals surface area contributed by atoms with E-state index in [-0.39, 0.29) is 6.61 Å². The average Bonchev–Trinajstić information content (AvgIpc) is 2.53. The van der Waals surface area contributed by atoms with Crippen LogP contribution in [0.2, 0.25) is 0 Å². The minimum absolute atomic E-state index is 0.0943. The summed E-state index contributed by atoms with van der Waals surface area (Å²) in [6.45, 7) is 0.0943. The summed E-state index contributed by atoms with van der Waals surface area (Å²) in [6, 6.07) is 0. The first-order valence-electron chi connectivity index (χ1n) is 9.72. The molecule has 135 valence electrons. The number of carboxylic acids is 1. The van der Waals surface area contributed by atoms with Crippen molar-refractivity contribution < 1.29 is 15.0 Å². The van der Waals surface area contributed by atoms with Crippen molar-refractivity contribution >= 4 is 5.97 Å². The molecule has 0 saturated heterocycles. The third-order valence-electron chi connectivity index (χ3n) is 4.19. The highest BCUT2D eigenvalue weighted by molar-refractivity contribution is 5.66. The highest BCUT2D eigenvalue weighted by Gasteiger charge is 1.96. The maximum absolute atomic E-state index is 10.4. The Morgan fingerprint density at radius 2 is 1.00 bits per heavy atom. The molecule has 3 nitrogen and oxygen atoms in total. The van der Waals surface area contributed by atoms with Gasteiger partial charge < -0.3 is 5.11 Å². The SMILES string of the molecule is [O]CCCCCCCCCC/C=C\CCCCCCCC(=O)O. The Balaban J connectivity index is 3.07. The van der Waals surface area contributed by atoms with Gasteiger partial charge in [-0.25, -0.2) is 5.11 Å². The van der Waals surface area contributed by atoms with E-state index < -0.39 is 5.97 Å². The van der Waals surface area contributed by atoms with E-state index in [2.05, 4.69) is 12.2 Å². The first-order chi connectivity index (χ1) is 11.3. The second-order valence-corrected chi connectivity index (χ2v) is 6.49. The van der Waals surface area contributed by atoms with Crippen LogP contribution >= 0.6 is 0 Å². The first-order valence-corrected chi connectivity index (χ1v) is 9.72. The van der Waals surface area contributed by atoms with Crippen LogP contribution < -0.4 is 0 Å². The zero-order valence-corrected chi connectivity index (χ0v) is 14.9. The molecule has 0 aromatic carbocycles. The topological polar surface area (TPSA) is 57.2 Å². The summed E-state index contributed by atoms with van der Waals surface area (Å²) >= 11 is 0. The molecule has 0 spiro atoms. The van der Waals surface area contributed by atoms with E-state index in [0.717, 1.165) is 32.1 Å². The Hall–Kier alpha value is -0.830. The van der Waals surface area contributed by atoms with Crippen LogP contribution in [-0.4, -0.2) is 17.7 Å². The molecule has 0 unspecified atom stereocenters. The number of unbranched alkanes of at least 4 members (excludes halogenated alkanes) is 13. The van der Waals surface area contributed by atoms with Crippen molar-refractivity contribution in [3.8, 4) is 0 Å². The van der Waals surface area contributed by atoms with Gasteiger partial charge in [-0.3, -0.25) is 4.79 Å². The van der Waals surface area contributed by atoms with Gasteiger partial charge in [-0.05, 0) is 38.5 Å². The van der Waals surface area contributed by atoms with E-state index in [1.807, 2.05) is 0 Å². The highest BCUT2D eigenvalue weighted by Crippen LogP contribution is 2.11. The fraction of sp³-hybridized carbons (Fsp3) is 0.850. The molecule has 0 aromatic heterocycles. The van der Waals surface area contributed by atoms with E-state index in [4.69, 9.17) is 5.11 Å². The van der Waals surface area contributed by atoms with E-state index >= 15 is 0 Å². The molecular weight excluding hydrogens is 288 g/mol. The molecule has 1 radical (unpaired) electrons. The Morgan fingerprint density at radius 3 is 1.43 bits per heavy atom. The second kappa shape index (κ2) is 19.2. The van der Waals surface area contributed by atoms with Crippen molar-refractivity contribution in [2.75, 3.05) is 6.61 Å². The molecular formula is C20H37O3. The minimum Gasteiger partial charge on any atom is -0.481 e. The Labute approximate surface area is 143 Å². The number of hydrogen-bond acceptors (Lipinski definition) is 1. The van der Waals surface area contributed by atoms with Gasteiger partial charge >= 0.3 is 5.97 Å². The molecule has 0 bridgehead atoms. The number of aliphatic carboxylic acids is 1. The average molecular weight is 326 g/mol. The van der Waals surface area contributed by atoms with Crippen LogP contribution in [0.4, 0.5) is 0 Å². The van der Waals surface area contributed by atoms with Gasteiger partial charge in [-0.15, -0.1) is 0 Å². The molecule has 0 aliphatic heterocycles. The molecule has 0 aliphatic carbocycles. The summed E-state index contributed by atoms with van der Waals surface area (Å²) in [6.07, 6.45) is 22.6. The van der Waals surface area contributed by atoms with Gasteiger partial charge in [-0.1, -0.05) is 69.9 Å². The smallest absolute Gasteiger partial charge is 0.303 e. The molecule has 0 fully saturated rings. The number of rotatable bonds is 18. The standard InChI is InChI=1S/C20H37O3/c21-19-17-15-13-11-9-7-5-3-1-2-4-6-8-10-12-14-16-18-20(22)23/h2,4H,1,3,5-19H2,(H,22,23)/b4-2-. The van der Waals surface area contributed by atoms with Crippen LogP contribution in [0.3, 0.4) is 0 Å². The van der Waals surface area contributed by atoms with E-state index in [0.29, 0.717) is 6.42 Å². The summed E-state index contributed by atoms with van der Waals surface area (Å²) in [7, 11) is 0. The Bertz CT molecular complexity index is 274. The largest absolute Gasteiger partial charge is 0.481 e. The summed E-state index contributed by atoms with van der Waals surface area (Å²) < 4.78 is 0. The fourth-order valence-corrected chi connectivity index (χ4v) is 2.73. The predicted octanol–water partition coefficient (Wildman–Crippen LogP) is 6.30. The van der Waals surface area contributed by atoms with Crippen LogP contribution in [0.1, 0.15) is 103 Å². The molecule has 0 heterocycles. The van der Waals surface area contributed by atoms with Gasteiger partial charge in [0.1, 0.15) is 0 Å². The number of carbonyl (C=O) groups is 1. The third kappa shape index (κ3) is 21.2. The van der Waals surface area contributed by atoms with Crippen molar-refractivity contribution in [2.24, 2.45) is 0 Å². The number of carboxylic acid groups (broad SMARTS) is 1. The molecule has 1 N–H and O–H groups in total. The van der Waals surface area contributed by atoms with Crippen molar-refractivity contribution in [2.45, 2.75) is 103 Å². The third-order valence-corrected chi connectivity index (χ3v) is 4.19. The van der Waals surface area contributed by atoms with Crippen LogP contribution in [0.25, 0.3) is 0 Å². The molecule has 0 saturated carbocycles. The van der Waals surface area contributed by atoms with Crippen molar-refractivity contribution in [1.29, 1.82) is 0 Å². The summed E-state index contributed by atoms with van der Waals surface area (Å²) in [5.74, 6) is -0.674. The molecule has 23 heavy (non-hydrogen) atoms. The van der Waals surface area contributed by atoms with E-state index in [9.17, 15) is 9.90 Å². The Kier molecular flexibility index (Phi) is 18.5. The molecule has 0 aromatic rings. The van der Waals surface area contributed by atoms with E-state index in [1.54, 1.807) is 0 Å². The van der Waals surface area contributed by atoms with Crippen LogP contribution in [0, 0.1) is 0 Å². The lowest BCUT2D eigenvalue weighted by Crippen LogP contribution is -1.93. The van der Waals surface area contributed by atoms with Crippen LogP contribution in [0.5, 0.6) is 0 Å². The second-order valence-electron chi connectivity index (χ2n) is 6.49. The summed E-state index contributed by atoms with van der Waals surface area (Å²) in [5, 5.41) is 18.8. The van der Waals surface area contributed by atoms with Crippen molar-refractivity contribution in [3.05, 3.63) is 12.2 Å². The maximum atomic E-state index is 10.4. The Morgan fingerprint density at radius 1 is 0.609 bits per heavy atom. The number of allylic oxidation sites excluding steroid dienone is 2. The lowest BCUT2D eigenvalue weighted by molar-refractivity contribution is -0.137. The van der Waals surface area contributed by atoms with Gasteiger partial charge in [0.15, 0.2) is 0 Å². The van der Waals surface area contributed by atoms with E-state index in [1.165, 1.54) is 64.2 Å². The zero-order chi connectivity index (χ0) is 17.0. The van der Waals surface area contributed by atoms with Crippen LogP contribution in [-0.2, 0) is 9.90 Å². The monoisotopic (exact) mass is 325 g/mol. The summed E-state index contributed by atoms with van der Waals surface area (Å²) in [4.78, 5) is 10.4. The quantitative estimate of drug-likeness (QED) is 0.237. The highest BCUT2D eigenvalue weighted by atomic mass is 16.4. The van der Waals surface area contributed by atoms with Gasteiger partial charge in [0.05, 0.1) is 6.61 Å². The molecule has 0 atom stereocenters. The fourth-order valence-electron chi connectivity index (χ4n) is 2.73. The molecule has 0 amide bonds. The van der Waals surface area contributed by atoms with Gasteiger partial charge in [-0.2, -0.15) is 0 Å².